The number of anilines is 1. The fraction of sp³-hybridized carbons (Fsp3) is 0.115. The molecule has 2 unspecified atom stereocenters. The van der Waals surface area contributed by atoms with Gasteiger partial charge in [-0.05, 0) is 60.7 Å². The summed E-state index contributed by atoms with van der Waals surface area (Å²) in [4.78, 5) is 17.7. The van der Waals surface area contributed by atoms with Gasteiger partial charge in [-0.1, -0.05) is 18.2 Å². The van der Waals surface area contributed by atoms with Gasteiger partial charge in [0, 0.05) is 23.5 Å². The molecule has 1 fully saturated rings. The largest absolute Gasteiger partial charge is 0.478 e. The first-order valence-corrected chi connectivity index (χ1v) is 11.3. The fourth-order valence-electron chi connectivity index (χ4n) is 4.40. The van der Waals surface area contributed by atoms with Crippen molar-refractivity contribution < 1.29 is 23.8 Å². The van der Waals surface area contributed by atoms with Gasteiger partial charge in [-0.3, -0.25) is 4.98 Å². The molecular weight excluding hydrogens is 466 g/mol. The number of carboxylic acids is 1. The highest BCUT2D eigenvalue weighted by Gasteiger charge is 2.43. The third-order valence-electron chi connectivity index (χ3n) is 6.07. The Morgan fingerprint density at radius 3 is 2.63 bits per heavy atom. The van der Waals surface area contributed by atoms with E-state index < -0.39 is 5.97 Å². The number of aromatic carboxylic acids is 1. The van der Waals surface area contributed by atoms with Gasteiger partial charge in [0.15, 0.2) is 16.6 Å². The number of carboxylic acid groups (broad SMARTS) is 1. The molecule has 174 valence electrons. The third-order valence-corrected chi connectivity index (χ3v) is 6.38. The van der Waals surface area contributed by atoms with Gasteiger partial charge in [-0.25, -0.2) is 4.79 Å². The summed E-state index contributed by atoms with van der Waals surface area (Å²) in [6.07, 6.45) is 1.75. The third kappa shape index (κ3) is 3.75. The van der Waals surface area contributed by atoms with Crippen molar-refractivity contribution in [3.63, 3.8) is 0 Å². The maximum absolute atomic E-state index is 11.2. The number of pyridine rings is 1. The molecule has 8 nitrogen and oxygen atoms in total. The maximum atomic E-state index is 11.2. The molecule has 0 aliphatic carbocycles. The van der Waals surface area contributed by atoms with E-state index in [0.29, 0.717) is 28.1 Å². The first-order chi connectivity index (χ1) is 17.1. The Labute approximate surface area is 205 Å². The fourth-order valence-corrected chi connectivity index (χ4v) is 4.75. The molecule has 0 spiro atoms. The summed E-state index contributed by atoms with van der Waals surface area (Å²) in [5.41, 5.74) is 2.65. The van der Waals surface area contributed by atoms with E-state index in [-0.39, 0.29) is 24.4 Å². The quantitative estimate of drug-likeness (QED) is 0.381. The highest BCUT2D eigenvalue weighted by Crippen LogP contribution is 2.45. The maximum Gasteiger partial charge on any atom is 0.335 e. The van der Waals surface area contributed by atoms with Gasteiger partial charge >= 0.3 is 5.97 Å². The molecule has 2 aromatic heterocycles. The van der Waals surface area contributed by atoms with Gasteiger partial charge in [0.2, 0.25) is 6.79 Å². The number of ether oxygens (including phenoxy) is 2. The molecule has 4 aromatic rings. The Balaban J connectivity index is 1.41. The summed E-state index contributed by atoms with van der Waals surface area (Å²) < 4.78 is 17.4. The van der Waals surface area contributed by atoms with Crippen LogP contribution in [0.25, 0.3) is 11.3 Å². The topological polar surface area (TPSA) is 97.1 Å². The number of furan rings is 1. The molecule has 35 heavy (non-hydrogen) atoms. The number of thiocarbonyl (C=S) groups is 1. The minimum atomic E-state index is -0.972. The van der Waals surface area contributed by atoms with E-state index in [1.165, 1.54) is 0 Å². The zero-order chi connectivity index (χ0) is 23.9. The molecular formula is C26H19N3O5S. The van der Waals surface area contributed by atoms with E-state index in [1.54, 1.807) is 30.5 Å². The zero-order valence-electron chi connectivity index (χ0n) is 18.3. The Morgan fingerprint density at radius 2 is 1.86 bits per heavy atom. The minimum absolute atomic E-state index is 0.184. The first kappa shape index (κ1) is 21.2. The molecule has 2 aliphatic rings. The summed E-state index contributed by atoms with van der Waals surface area (Å²) in [7, 11) is 0. The second-order valence-corrected chi connectivity index (χ2v) is 8.51. The average molecular weight is 486 g/mol. The van der Waals surface area contributed by atoms with Crippen LogP contribution in [0.4, 0.5) is 5.69 Å². The minimum Gasteiger partial charge on any atom is -0.478 e. The predicted octanol–water partition coefficient (Wildman–Crippen LogP) is 4.95. The van der Waals surface area contributed by atoms with Crippen LogP contribution in [0.3, 0.4) is 0 Å². The van der Waals surface area contributed by atoms with Crippen LogP contribution in [0.15, 0.2) is 83.4 Å². The number of hydrogen-bond acceptors (Lipinski definition) is 6. The van der Waals surface area contributed by atoms with Crippen molar-refractivity contribution in [1.29, 1.82) is 0 Å². The molecule has 9 heteroatoms. The van der Waals surface area contributed by atoms with E-state index in [2.05, 4.69) is 10.3 Å². The number of hydrogen-bond donors (Lipinski definition) is 2. The lowest BCUT2D eigenvalue weighted by molar-refractivity contribution is 0.0697. The summed E-state index contributed by atoms with van der Waals surface area (Å²) in [5, 5.41) is 13.1. The van der Waals surface area contributed by atoms with Gasteiger partial charge in [0.05, 0.1) is 17.3 Å². The molecule has 1 saturated heterocycles. The Morgan fingerprint density at radius 1 is 1.03 bits per heavy atom. The van der Waals surface area contributed by atoms with Crippen LogP contribution in [-0.2, 0) is 0 Å². The van der Waals surface area contributed by atoms with Crippen molar-refractivity contribution in [2.45, 2.75) is 12.1 Å². The number of aromatic nitrogens is 1. The highest BCUT2D eigenvalue weighted by atomic mass is 32.1. The van der Waals surface area contributed by atoms with E-state index in [9.17, 15) is 9.90 Å². The molecule has 0 bridgehead atoms. The molecule has 2 N–H and O–H groups in total. The standard InChI is InChI=1S/C26H19N3O5S/c30-25(31)16-6-4-15(5-7-16)19-10-11-21(34-19)24-23(18-3-1-2-12-27-18)28-26(35)29(24)17-8-9-20-22(13-17)33-14-32-20/h1-13,23-24H,14H2,(H,28,35)(H,30,31). The molecule has 2 aliphatic heterocycles. The van der Waals surface area contributed by atoms with Crippen LogP contribution in [0.1, 0.15) is 33.9 Å². The summed E-state index contributed by atoms with van der Waals surface area (Å²) in [6.45, 7) is 0.184. The van der Waals surface area contributed by atoms with E-state index in [4.69, 9.17) is 26.1 Å². The highest BCUT2D eigenvalue weighted by molar-refractivity contribution is 7.80. The van der Waals surface area contributed by atoms with Crippen molar-refractivity contribution in [3.05, 3.63) is 96.0 Å². The molecule has 2 aromatic carbocycles. The van der Waals surface area contributed by atoms with Gasteiger partial charge < -0.3 is 29.2 Å². The van der Waals surface area contributed by atoms with Gasteiger partial charge in [-0.15, -0.1) is 0 Å². The van der Waals surface area contributed by atoms with Crippen LogP contribution >= 0.6 is 12.2 Å². The van der Waals surface area contributed by atoms with Crippen molar-refractivity contribution >= 4 is 29.0 Å². The van der Waals surface area contributed by atoms with Crippen molar-refractivity contribution in [3.8, 4) is 22.8 Å². The van der Waals surface area contributed by atoms with Crippen molar-refractivity contribution in [1.82, 2.24) is 10.3 Å². The molecule has 4 heterocycles. The van der Waals surface area contributed by atoms with E-state index in [0.717, 1.165) is 16.9 Å². The second kappa shape index (κ2) is 8.44. The smallest absolute Gasteiger partial charge is 0.335 e. The number of benzene rings is 2. The van der Waals surface area contributed by atoms with Crippen molar-refractivity contribution in [2.75, 3.05) is 11.7 Å². The number of nitrogens with zero attached hydrogens (tertiary/aromatic N) is 2. The molecule has 0 amide bonds. The lowest BCUT2D eigenvalue weighted by Crippen LogP contribution is -2.29. The SMILES string of the molecule is O=C(O)c1ccc(-c2ccc(C3C(c4ccccn4)NC(=S)N3c3ccc4c(c3)OCO4)o2)cc1. The Bertz CT molecular complexity index is 1420. The summed E-state index contributed by atoms with van der Waals surface area (Å²) >= 11 is 5.76. The number of carbonyl (C=O) groups is 1. The lowest BCUT2D eigenvalue weighted by atomic mass is 10.0. The van der Waals surface area contributed by atoms with Gasteiger partial charge in [0.25, 0.3) is 0 Å². The van der Waals surface area contributed by atoms with Crippen molar-refractivity contribution in [2.24, 2.45) is 0 Å². The Kier molecular flexibility index (Phi) is 5.11. The van der Waals surface area contributed by atoms with Crippen LogP contribution < -0.4 is 19.7 Å². The predicted molar refractivity (Wildman–Crippen MR) is 132 cm³/mol. The number of rotatable bonds is 5. The molecule has 6 rings (SSSR count). The first-order valence-electron chi connectivity index (χ1n) is 10.9. The normalized spacial score (nSPS) is 18.5. The molecule has 0 saturated carbocycles. The van der Waals surface area contributed by atoms with Gasteiger partial charge in [0.1, 0.15) is 17.6 Å². The monoisotopic (exact) mass is 485 g/mol. The molecule has 0 radical (unpaired) electrons. The average Bonchev–Trinajstić information content (AvgIpc) is 3.62. The van der Waals surface area contributed by atoms with E-state index >= 15 is 0 Å². The zero-order valence-corrected chi connectivity index (χ0v) is 19.1. The van der Waals surface area contributed by atoms with Crippen LogP contribution in [0, 0.1) is 0 Å². The van der Waals surface area contributed by atoms with Crippen LogP contribution in [0.5, 0.6) is 11.5 Å². The number of nitrogens with one attached hydrogen (secondary N) is 1. The Hall–Kier alpha value is -4.37. The van der Waals surface area contributed by atoms with Crippen LogP contribution in [-0.4, -0.2) is 28.0 Å². The van der Waals surface area contributed by atoms with E-state index in [1.807, 2.05) is 53.4 Å². The molecule has 2 atom stereocenters. The van der Waals surface area contributed by atoms with Crippen LogP contribution in [0.2, 0.25) is 0 Å². The van der Waals surface area contributed by atoms with Gasteiger partial charge in [-0.2, -0.15) is 0 Å². The summed E-state index contributed by atoms with van der Waals surface area (Å²) in [6, 6.07) is 21.2. The number of fused-ring (bicyclic) bond motifs is 1. The lowest BCUT2D eigenvalue weighted by Gasteiger charge is -2.26. The summed E-state index contributed by atoms with van der Waals surface area (Å²) in [5.74, 6) is 1.68. The second-order valence-electron chi connectivity index (χ2n) is 8.12.